The highest BCUT2D eigenvalue weighted by atomic mass is 19.1. The van der Waals surface area contributed by atoms with Crippen molar-refractivity contribution in [1.29, 1.82) is 5.26 Å². The summed E-state index contributed by atoms with van der Waals surface area (Å²) in [5, 5.41) is 9.13. The molecule has 0 bridgehead atoms. The summed E-state index contributed by atoms with van der Waals surface area (Å²) in [5.41, 5.74) is 2.81. The number of fused-ring (bicyclic) bond motifs is 1. The van der Waals surface area contributed by atoms with Crippen molar-refractivity contribution in [3.63, 3.8) is 0 Å². The lowest BCUT2D eigenvalue weighted by atomic mass is 10.0. The summed E-state index contributed by atoms with van der Waals surface area (Å²) in [4.78, 5) is 10.6. The molecular formula is C15H13FN4. The maximum absolute atomic E-state index is 13.7. The van der Waals surface area contributed by atoms with Crippen LogP contribution in [0.4, 0.5) is 10.1 Å². The van der Waals surface area contributed by atoms with Crippen molar-refractivity contribution in [2.75, 3.05) is 11.4 Å². The molecule has 2 heterocycles. The Morgan fingerprint density at radius 3 is 3.05 bits per heavy atom. The van der Waals surface area contributed by atoms with Crippen LogP contribution in [0.2, 0.25) is 0 Å². The summed E-state index contributed by atoms with van der Waals surface area (Å²) in [6.45, 7) is 3.16. The fraction of sp³-hybridized carbons (Fsp3) is 0.267. The van der Waals surface area contributed by atoms with Gasteiger partial charge in [0.25, 0.3) is 0 Å². The molecule has 0 spiro atoms. The third kappa shape index (κ3) is 2.10. The predicted octanol–water partition coefficient (Wildman–Crippen LogP) is 2.36. The van der Waals surface area contributed by atoms with Gasteiger partial charge in [0.1, 0.15) is 23.3 Å². The molecule has 3 rings (SSSR count). The molecule has 20 heavy (non-hydrogen) atoms. The van der Waals surface area contributed by atoms with E-state index in [1.165, 1.54) is 6.07 Å². The minimum Gasteiger partial charge on any atom is -0.364 e. The van der Waals surface area contributed by atoms with Gasteiger partial charge in [-0.3, -0.25) is 0 Å². The molecule has 0 fully saturated rings. The van der Waals surface area contributed by atoms with E-state index in [1.807, 2.05) is 24.1 Å². The third-order valence-electron chi connectivity index (χ3n) is 3.51. The lowest BCUT2D eigenvalue weighted by Gasteiger charge is -2.30. The topological polar surface area (TPSA) is 52.8 Å². The van der Waals surface area contributed by atoms with Crippen LogP contribution in [-0.2, 0) is 13.0 Å². The van der Waals surface area contributed by atoms with E-state index in [0.29, 0.717) is 12.2 Å². The van der Waals surface area contributed by atoms with E-state index in [4.69, 9.17) is 5.26 Å². The van der Waals surface area contributed by atoms with Crippen LogP contribution in [0.15, 0.2) is 24.4 Å². The summed E-state index contributed by atoms with van der Waals surface area (Å²) in [6, 6.07) is 6.67. The van der Waals surface area contributed by atoms with E-state index in [9.17, 15) is 4.39 Å². The van der Waals surface area contributed by atoms with Crippen LogP contribution in [0.25, 0.3) is 0 Å². The van der Waals surface area contributed by atoms with Crippen LogP contribution in [0.1, 0.15) is 22.6 Å². The summed E-state index contributed by atoms with van der Waals surface area (Å²) in [5.74, 6) is 0.250. The molecule has 0 atom stereocenters. The van der Waals surface area contributed by atoms with E-state index in [0.717, 1.165) is 30.0 Å². The minimum absolute atomic E-state index is 0.0988. The second-order valence-electron chi connectivity index (χ2n) is 4.81. The zero-order chi connectivity index (χ0) is 14.1. The van der Waals surface area contributed by atoms with Crippen molar-refractivity contribution in [2.24, 2.45) is 0 Å². The van der Waals surface area contributed by atoms with Gasteiger partial charge in [-0.1, -0.05) is 6.07 Å². The summed E-state index contributed by atoms with van der Waals surface area (Å²) in [6.07, 6.45) is 2.66. The molecule has 1 aromatic heterocycles. The van der Waals surface area contributed by atoms with Gasteiger partial charge in [0.2, 0.25) is 0 Å². The van der Waals surface area contributed by atoms with Crippen molar-refractivity contribution in [2.45, 2.75) is 19.9 Å². The fourth-order valence-electron chi connectivity index (χ4n) is 2.50. The zero-order valence-corrected chi connectivity index (χ0v) is 11.1. The van der Waals surface area contributed by atoms with Crippen molar-refractivity contribution >= 4 is 5.69 Å². The van der Waals surface area contributed by atoms with Gasteiger partial charge in [0, 0.05) is 12.7 Å². The first-order valence-electron chi connectivity index (χ1n) is 6.44. The number of aryl methyl sites for hydroxylation is 1. The number of hydrogen-bond donors (Lipinski definition) is 0. The molecule has 0 amide bonds. The first-order chi connectivity index (χ1) is 9.69. The van der Waals surface area contributed by atoms with Crippen molar-refractivity contribution in [3.8, 4) is 6.07 Å². The summed E-state index contributed by atoms with van der Waals surface area (Å²) < 4.78 is 13.7. The molecule has 100 valence electrons. The van der Waals surface area contributed by atoms with Gasteiger partial charge in [-0.25, -0.2) is 14.4 Å². The highest BCUT2D eigenvalue weighted by Gasteiger charge is 2.21. The van der Waals surface area contributed by atoms with Crippen molar-refractivity contribution in [1.82, 2.24) is 9.97 Å². The molecular weight excluding hydrogens is 255 g/mol. The van der Waals surface area contributed by atoms with Crippen LogP contribution in [0.3, 0.4) is 0 Å². The average Bonchev–Trinajstić information content (AvgIpc) is 2.46. The molecule has 1 aliphatic heterocycles. The highest BCUT2D eigenvalue weighted by Crippen LogP contribution is 2.27. The van der Waals surface area contributed by atoms with E-state index >= 15 is 0 Å². The van der Waals surface area contributed by atoms with Crippen LogP contribution in [-0.4, -0.2) is 16.5 Å². The lowest BCUT2D eigenvalue weighted by Crippen LogP contribution is -2.32. The molecule has 0 unspecified atom stereocenters. The molecule has 1 aromatic carbocycles. The van der Waals surface area contributed by atoms with Gasteiger partial charge in [0.15, 0.2) is 0 Å². The fourth-order valence-corrected chi connectivity index (χ4v) is 2.50. The molecule has 0 aliphatic carbocycles. The third-order valence-corrected chi connectivity index (χ3v) is 3.51. The Balaban J connectivity index is 1.99. The second kappa shape index (κ2) is 4.89. The molecule has 0 saturated carbocycles. The van der Waals surface area contributed by atoms with Crippen LogP contribution in [0.5, 0.6) is 0 Å². The molecule has 0 saturated heterocycles. The molecule has 5 heteroatoms. The van der Waals surface area contributed by atoms with E-state index in [-0.39, 0.29) is 5.56 Å². The first kappa shape index (κ1) is 12.5. The Kier molecular flexibility index (Phi) is 3.07. The molecule has 4 nitrogen and oxygen atoms in total. The number of benzene rings is 1. The highest BCUT2D eigenvalue weighted by molar-refractivity contribution is 5.60. The van der Waals surface area contributed by atoms with Crippen LogP contribution < -0.4 is 4.90 Å². The Morgan fingerprint density at radius 2 is 2.25 bits per heavy atom. The number of nitrogens with zero attached hydrogens (tertiary/aromatic N) is 4. The van der Waals surface area contributed by atoms with Gasteiger partial charge in [-0.15, -0.1) is 0 Å². The number of halogens is 1. The van der Waals surface area contributed by atoms with Gasteiger partial charge in [-0.05, 0) is 31.0 Å². The van der Waals surface area contributed by atoms with Crippen molar-refractivity contribution in [3.05, 3.63) is 52.9 Å². The van der Waals surface area contributed by atoms with E-state index in [2.05, 4.69) is 9.97 Å². The maximum Gasteiger partial charge on any atom is 0.143 e. The lowest BCUT2D eigenvalue weighted by molar-refractivity contribution is 0.620. The smallest absolute Gasteiger partial charge is 0.143 e. The van der Waals surface area contributed by atoms with Crippen LogP contribution >= 0.6 is 0 Å². The minimum atomic E-state index is -0.477. The monoisotopic (exact) mass is 268 g/mol. The Labute approximate surface area is 116 Å². The Bertz CT molecular complexity index is 706. The van der Waals surface area contributed by atoms with E-state index < -0.39 is 5.82 Å². The largest absolute Gasteiger partial charge is 0.364 e. The van der Waals surface area contributed by atoms with Gasteiger partial charge in [0.05, 0.1) is 17.9 Å². The first-order valence-corrected chi connectivity index (χ1v) is 6.44. The number of rotatable bonds is 1. The van der Waals surface area contributed by atoms with Crippen molar-refractivity contribution < 1.29 is 4.39 Å². The number of nitriles is 1. The average molecular weight is 268 g/mol. The quantitative estimate of drug-likeness (QED) is 0.796. The van der Waals surface area contributed by atoms with Gasteiger partial charge < -0.3 is 4.90 Å². The molecule has 0 radical (unpaired) electrons. The SMILES string of the molecule is Cc1ncc2c(n1)CN(c1cccc(F)c1C#N)CC2. The number of aromatic nitrogens is 2. The van der Waals surface area contributed by atoms with Gasteiger partial charge in [-0.2, -0.15) is 5.26 Å². The maximum atomic E-state index is 13.7. The van der Waals surface area contributed by atoms with Gasteiger partial charge >= 0.3 is 0 Å². The standard InChI is InChI=1S/C15H13FN4/c1-10-18-8-11-5-6-20(9-14(11)19-10)15-4-2-3-13(16)12(15)7-17/h2-4,8H,5-6,9H2,1H3. The number of hydrogen-bond acceptors (Lipinski definition) is 4. The van der Waals surface area contributed by atoms with E-state index in [1.54, 1.807) is 12.1 Å². The zero-order valence-electron chi connectivity index (χ0n) is 11.1. The second-order valence-corrected chi connectivity index (χ2v) is 4.81. The number of anilines is 1. The van der Waals surface area contributed by atoms with Crippen LogP contribution in [0, 0.1) is 24.1 Å². The molecule has 0 N–H and O–H groups in total. The molecule has 2 aromatic rings. The Hall–Kier alpha value is -2.48. The predicted molar refractivity (Wildman–Crippen MR) is 72.6 cm³/mol. The summed E-state index contributed by atoms with van der Waals surface area (Å²) in [7, 11) is 0. The molecule has 1 aliphatic rings. The summed E-state index contributed by atoms with van der Waals surface area (Å²) >= 11 is 0. The Morgan fingerprint density at radius 1 is 1.40 bits per heavy atom. The normalized spacial score (nSPS) is 13.8.